The Hall–Kier alpha value is -2.63. The van der Waals surface area contributed by atoms with E-state index in [0.29, 0.717) is 5.76 Å². The molecule has 3 fully saturated rings. The molecule has 1 saturated carbocycles. The third kappa shape index (κ3) is 2.88. The average Bonchev–Trinajstić information content (AvgIpc) is 3.31. The maximum absolute atomic E-state index is 13.6. The van der Waals surface area contributed by atoms with Gasteiger partial charge >= 0.3 is 0 Å². The predicted octanol–water partition coefficient (Wildman–Crippen LogP) is 3.68. The zero-order chi connectivity index (χ0) is 20.9. The van der Waals surface area contributed by atoms with Gasteiger partial charge in [0.2, 0.25) is 11.7 Å². The molecule has 2 aromatic rings. The molecule has 5 atom stereocenters. The summed E-state index contributed by atoms with van der Waals surface area (Å²) in [7, 11) is 0. The van der Waals surface area contributed by atoms with Crippen molar-refractivity contribution >= 4 is 11.8 Å². The molecule has 2 saturated heterocycles. The van der Waals surface area contributed by atoms with Crippen molar-refractivity contribution in [2.45, 2.75) is 76.5 Å². The van der Waals surface area contributed by atoms with Crippen LogP contribution >= 0.6 is 0 Å². The summed E-state index contributed by atoms with van der Waals surface area (Å²) in [5.41, 5.74) is 1.11. The SMILES string of the molecule is CC(=O)N1[C@H](Cc2ccccc2)[C@@H]2C[C@@]3(C)[C@H](CCCC[C@@H]13)N2C(=O)c1ccno1. The van der Waals surface area contributed by atoms with Gasteiger partial charge in [-0.3, -0.25) is 9.59 Å². The summed E-state index contributed by atoms with van der Waals surface area (Å²) in [6.07, 6.45) is 7.37. The van der Waals surface area contributed by atoms with Gasteiger partial charge in [-0.2, -0.15) is 0 Å². The Labute approximate surface area is 177 Å². The lowest BCUT2D eigenvalue weighted by molar-refractivity contribution is -0.141. The van der Waals surface area contributed by atoms with E-state index in [1.165, 1.54) is 11.8 Å². The first-order chi connectivity index (χ1) is 14.5. The van der Waals surface area contributed by atoms with Crippen LogP contribution in [0.15, 0.2) is 47.1 Å². The zero-order valence-corrected chi connectivity index (χ0v) is 17.7. The molecule has 2 amide bonds. The van der Waals surface area contributed by atoms with Gasteiger partial charge in [0.05, 0.1) is 18.3 Å². The second-order valence-electron chi connectivity index (χ2n) is 9.37. The molecule has 0 unspecified atom stereocenters. The van der Waals surface area contributed by atoms with E-state index in [-0.39, 0.29) is 41.4 Å². The van der Waals surface area contributed by atoms with Crippen molar-refractivity contribution in [2.24, 2.45) is 5.41 Å². The summed E-state index contributed by atoms with van der Waals surface area (Å²) in [5.74, 6) is 0.321. The highest BCUT2D eigenvalue weighted by molar-refractivity contribution is 5.92. The van der Waals surface area contributed by atoms with E-state index < -0.39 is 0 Å². The summed E-state index contributed by atoms with van der Waals surface area (Å²) in [6, 6.07) is 12.2. The van der Waals surface area contributed by atoms with E-state index in [1.807, 2.05) is 18.2 Å². The Morgan fingerprint density at radius 1 is 1.10 bits per heavy atom. The number of carbonyl (C=O) groups excluding carboxylic acids is 2. The molecule has 6 heteroatoms. The summed E-state index contributed by atoms with van der Waals surface area (Å²) in [6.45, 7) is 3.98. The number of hydrogen-bond donors (Lipinski definition) is 0. The highest BCUT2D eigenvalue weighted by atomic mass is 16.5. The van der Waals surface area contributed by atoms with Gasteiger partial charge in [-0.25, -0.2) is 0 Å². The number of piperidine rings is 1. The Kier molecular flexibility index (Phi) is 4.68. The Bertz CT molecular complexity index is 928. The quantitative estimate of drug-likeness (QED) is 0.778. The van der Waals surface area contributed by atoms with Gasteiger partial charge in [0, 0.05) is 30.5 Å². The first-order valence-electron chi connectivity index (χ1n) is 11.1. The third-order valence-corrected chi connectivity index (χ3v) is 7.74. The molecule has 3 aliphatic rings. The topological polar surface area (TPSA) is 66.7 Å². The molecule has 0 radical (unpaired) electrons. The highest BCUT2D eigenvalue weighted by Gasteiger charge is 2.63. The van der Waals surface area contributed by atoms with Gasteiger partial charge in [-0.1, -0.05) is 55.3 Å². The second-order valence-corrected chi connectivity index (χ2v) is 9.37. The van der Waals surface area contributed by atoms with Crippen LogP contribution in [0.1, 0.15) is 62.1 Å². The number of carbonyl (C=O) groups is 2. The number of nitrogens with zero attached hydrogens (tertiary/aromatic N) is 3. The van der Waals surface area contributed by atoms with Crippen LogP contribution in [-0.2, 0) is 11.2 Å². The molecule has 30 heavy (non-hydrogen) atoms. The van der Waals surface area contributed by atoms with Gasteiger partial charge in [-0.15, -0.1) is 0 Å². The van der Waals surface area contributed by atoms with Gasteiger partial charge in [0.1, 0.15) is 0 Å². The van der Waals surface area contributed by atoms with E-state index in [1.54, 1.807) is 13.0 Å². The molecule has 1 aromatic carbocycles. The number of fused-ring (bicyclic) bond motifs is 1. The van der Waals surface area contributed by atoms with Crippen LogP contribution in [0.3, 0.4) is 0 Å². The molecule has 3 heterocycles. The van der Waals surface area contributed by atoms with E-state index in [4.69, 9.17) is 4.52 Å². The molecule has 2 bridgehead atoms. The van der Waals surface area contributed by atoms with Crippen LogP contribution < -0.4 is 0 Å². The molecule has 1 aromatic heterocycles. The molecule has 6 nitrogen and oxygen atoms in total. The summed E-state index contributed by atoms with van der Waals surface area (Å²) >= 11 is 0. The minimum absolute atomic E-state index is 0.0175. The van der Waals surface area contributed by atoms with Crippen molar-refractivity contribution in [2.75, 3.05) is 0 Å². The second kappa shape index (κ2) is 7.25. The van der Waals surface area contributed by atoms with Gasteiger partial charge in [0.15, 0.2) is 0 Å². The van der Waals surface area contributed by atoms with Crippen LogP contribution in [0.4, 0.5) is 0 Å². The van der Waals surface area contributed by atoms with Gasteiger partial charge < -0.3 is 14.3 Å². The van der Waals surface area contributed by atoms with Crippen LogP contribution in [-0.4, -0.2) is 50.9 Å². The van der Waals surface area contributed by atoms with Crippen molar-refractivity contribution in [3.05, 3.63) is 53.9 Å². The molecule has 0 N–H and O–H groups in total. The molecule has 2 aliphatic heterocycles. The standard InChI is InChI=1S/C24H29N3O3/c1-16(28)26-18(14-17-8-4-3-5-9-17)19-15-24(2)21(26)10-6-7-11-22(24)27(19)23(29)20-12-13-25-30-20/h3-5,8-9,12-13,18-19,21-22H,6-7,10-11,14-15H2,1-2H3/t18-,19+,21-,22+,24-/m1/s1. The van der Waals surface area contributed by atoms with Crippen LogP contribution in [0.2, 0.25) is 0 Å². The Balaban J connectivity index is 1.61. The molecular weight excluding hydrogens is 378 g/mol. The third-order valence-electron chi connectivity index (χ3n) is 7.74. The van der Waals surface area contributed by atoms with E-state index >= 15 is 0 Å². The van der Waals surface area contributed by atoms with Crippen LogP contribution in [0.5, 0.6) is 0 Å². The maximum atomic E-state index is 13.6. The predicted molar refractivity (Wildman–Crippen MR) is 112 cm³/mol. The molecule has 5 rings (SSSR count). The first kappa shape index (κ1) is 19.3. The zero-order valence-electron chi connectivity index (χ0n) is 17.7. The first-order valence-corrected chi connectivity index (χ1v) is 11.1. The van der Waals surface area contributed by atoms with Crippen molar-refractivity contribution in [1.29, 1.82) is 0 Å². The van der Waals surface area contributed by atoms with Crippen molar-refractivity contribution in [1.82, 2.24) is 15.0 Å². The van der Waals surface area contributed by atoms with Gasteiger partial charge in [0.25, 0.3) is 5.91 Å². The minimum atomic E-state index is -0.0876. The largest absolute Gasteiger partial charge is 0.351 e. The normalized spacial score (nSPS) is 32.7. The van der Waals surface area contributed by atoms with Crippen molar-refractivity contribution in [3.8, 4) is 0 Å². The average molecular weight is 408 g/mol. The van der Waals surface area contributed by atoms with Crippen molar-refractivity contribution < 1.29 is 14.1 Å². The number of benzene rings is 1. The number of amides is 2. The fraction of sp³-hybridized carbons (Fsp3) is 0.542. The highest BCUT2D eigenvalue weighted by Crippen LogP contribution is 2.55. The van der Waals surface area contributed by atoms with Crippen LogP contribution in [0.25, 0.3) is 0 Å². The lowest BCUT2D eigenvalue weighted by Crippen LogP contribution is -2.61. The summed E-state index contributed by atoms with van der Waals surface area (Å²) in [4.78, 5) is 30.7. The molecular formula is C24H29N3O3. The number of hydrogen-bond acceptors (Lipinski definition) is 4. The molecule has 0 spiro atoms. The molecule has 1 aliphatic carbocycles. The Morgan fingerprint density at radius 2 is 1.80 bits per heavy atom. The number of likely N-dealkylation sites (tertiary alicyclic amines) is 2. The smallest absolute Gasteiger partial charge is 0.293 e. The fourth-order valence-corrected chi connectivity index (χ4v) is 6.55. The Morgan fingerprint density at radius 3 is 2.43 bits per heavy atom. The van der Waals surface area contributed by atoms with E-state index in [0.717, 1.165) is 38.5 Å². The van der Waals surface area contributed by atoms with Gasteiger partial charge in [-0.05, 0) is 31.2 Å². The number of aromatic nitrogens is 1. The fourth-order valence-electron chi connectivity index (χ4n) is 6.55. The lowest BCUT2D eigenvalue weighted by Gasteiger charge is -2.50. The van der Waals surface area contributed by atoms with E-state index in [2.05, 4.69) is 34.0 Å². The lowest BCUT2D eigenvalue weighted by atomic mass is 9.69. The summed E-state index contributed by atoms with van der Waals surface area (Å²) in [5, 5.41) is 3.76. The van der Waals surface area contributed by atoms with Crippen molar-refractivity contribution in [3.63, 3.8) is 0 Å². The summed E-state index contributed by atoms with van der Waals surface area (Å²) < 4.78 is 5.26. The van der Waals surface area contributed by atoms with Crippen LogP contribution in [0, 0.1) is 5.41 Å². The minimum Gasteiger partial charge on any atom is -0.351 e. The number of rotatable bonds is 3. The molecule has 158 valence electrons. The van der Waals surface area contributed by atoms with E-state index in [9.17, 15) is 9.59 Å². The monoisotopic (exact) mass is 407 g/mol. The maximum Gasteiger partial charge on any atom is 0.293 e.